The first-order valence-corrected chi connectivity index (χ1v) is 12.2. The predicted octanol–water partition coefficient (Wildman–Crippen LogP) is 5.16. The van der Waals surface area contributed by atoms with Crippen molar-refractivity contribution in [1.29, 1.82) is 0 Å². The number of hydrogen-bond acceptors (Lipinski definition) is 7. The molecule has 1 saturated carbocycles. The van der Waals surface area contributed by atoms with Crippen molar-refractivity contribution >= 4 is 22.9 Å². The number of nitrogens with zero attached hydrogens (tertiary/aromatic N) is 6. The van der Waals surface area contributed by atoms with Crippen LogP contribution in [0, 0.1) is 13.8 Å². The quantitative estimate of drug-likeness (QED) is 0.208. The number of rotatable bonds is 7. The van der Waals surface area contributed by atoms with Crippen molar-refractivity contribution < 1.29 is 14.3 Å². The van der Waals surface area contributed by atoms with Gasteiger partial charge in [-0.2, -0.15) is 0 Å². The minimum Gasteiger partial charge on any atom is -0.493 e. The van der Waals surface area contributed by atoms with Gasteiger partial charge in [-0.1, -0.05) is 30.8 Å². The minimum atomic E-state index is 0.161. The van der Waals surface area contributed by atoms with Gasteiger partial charge in [-0.15, -0.1) is 5.10 Å². The summed E-state index contributed by atoms with van der Waals surface area (Å²) in [5.74, 6) is 1.86. The van der Waals surface area contributed by atoms with E-state index in [4.69, 9.17) is 24.3 Å². The summed E-state index contributed by atoms with van der Waals surface area (Å²) in [6.45, 7) is 4.51. The maximum absolute atomic E-state index is 5.50. The van der Waals surface area contributed by atoms with E-state index in [9.17, 15) is 0 Å². The van der Waals surface area contributed by atoms with E-state index in [0.717, 1.165) is 22.2 Å². The molecule has 0 atom stereocenters. The number of methoxy groups -OCH3 is 2. The van der Waals surface area contributed by atoms with Crippen molar-refractivity contribution in [3.8, 4) is 11.5 Å². The third-order valence-corrected chi connectivity index (χ3v) is 6.99. The summed E-state index contributed by atoms with van der Waals surface area (Å²) in [7, 11) is 3.21. The lowest BCUT2D eigenvalue weighted by Crippen LogP contribution is -2.10. The number of aryl methyl sites for hydroxylation is 1. The summed E-state index contributed by atoms with van der Waals surface area (Å²) in [6.07, 6.45) is 11.0. The van der Waals surface area contributed by atoms with Crippen LogP contribution >= 0.6 is 0 Å². The summed E-state index contributed by atoms with van der Waals surface area (Å²) in [6, 6.07) is 6.04. The molecule has 0 spiro atoms. The monoisotopic (exact) mass is 476 g/mol. The Morgan fingerprint density at radius 3 is 2.54 bits per heavy atom. The Kier molecular flexibility index (Phi) is 6.57. The van der Waals surface area contributed by atoms with Crippen LogP contribution in [0.3, 0.4) is 0 Å². The van der Waals surface area contributed by atoms with Crippen LogP contribution in [-0.4, -0.2) is 44.6 Å². The SMILES string of the molecule is COc1ccc(/C=N/OCc2nc3c4c(C)c(C)n(C5CCCCCC5)c4ncn3n2)cc1OC. The van der Waals surface area contributed by atoms with E-state index in [0.29, 0.717) is 23.4 Å². The Labute approximate surface area is 204 Å². The molecule has 0 unspecified atom stereocenters. The smallest absolute Gasteiger partial charge is 0.192 e. The van der Waals surface area contributed by atoms with E-state index in [1.165, 1.54) is 49.8 Å². The third-order valence-electron chi connectivity index (χ3n) is 6.99. The highest BCUT2D eigenvalue weighted by molar-refractivity contribution is 5.94. The van der Waals surface area contributed by atoms with E-state index in [1.807, 2.05) is 18.2 Å². The molecule has 1 aromatic carbocycles. The van der Waals surface area contributed by atoms with Crippen LogP contribution < -0.4 is 9.47 Å². The van der Waals surface area contributed by atoms with E-state index in [1.54, 1.807) is 31.3 Å². The Morgan fingerprint density at radius 1 is 1.03 bits per heavy atom. The minimum absolute atomic E-state index is 0.161. The van der Waals surface area contributed by atoms with Crippen molar-refractivity contribution in [3.63, 3.8) is 0 Å². The van der Waals surface area contributed by atoms with Gasteiger partial charge in [-0.25, -0.2) is 14.5 Å². The summed E-state index contributed by atoms with van der Waals surface area (Å²) >= 11 is 0. The zero-order valence-corrected chi connectivity index (χ0v) is 20.8. The first-order chi connectivity index (χ1) is 17.1. The highest BCUT2D eigenvalue weighted by Gasteiger charge is 2.23. The van der Waals surface area contributed by atoms with Gasteiger partial charge in [0, 0.05) is 17.3 Å². The molecule has 0 bridgehead atoms. The van der Waals surface area contributed by atoms with Crippen LogP contribution in [-0.2, 0) is 11.4 Å². The fraction of sp³-hybridized carbons (Fsp3) is 0.462. The Bertz CT molecular complexity index is 1360. The van der Waals surface area contributed by atoms with E-state index in [2.05, 4.69) is 28.7 Å². The van der Waals surface area contributed by atoms with Crippen molar-refractivity contribution in [2.45, 2.75) is 65.0 Å². The van der Waals surface area contributed by atoms with Gasteiger partial charge in [-0.3, -0.25) is 0 Å². The van der Waals surface area contributed by atoms with Gasteiger partial charge in [-0.05, 0) is 50.5 Å². The molecular formula is C26H32N6O3. The normalized spacial score (nSPS) is 15.2. The van der Waals surface area contributed by atoms with Gasteiger partial charge in [0.1, 0.15) is 12.0 Å². The van der Waals surface area contributed by atoms with Gasteiger partial charge in [0.05, 0.1) is 25.8 Å². The first-order valence-electron chi connectivity index (χ1n) is 12.2. The lowest BCUT2D eigenvalue weighted by Gasteiger charge is -2.19. The first kappa shape index (κ1) is 23.1. The molecule has 1 aliphatic carbocycles. The predicted molar refractivity (Wildman–Crippen MR) is 134 cm³/mol. The number of oxime groups is 1. The molecular weight excluding hydrogens is 444 g/mol. The molecule has 1 aliphatic rings. The maximum atomic E-state index is 5.50. The number of hydrogen-bond donors (Lipinski definition) is 0. The molecule has 3 heterocycles. The average Bonchev–Trinajstić information content (AvgIpc) is 3.26. The van der Waals surface area contributed by atoms with Gasteiger partial charge >= 0.3 is 0 Å². The van der Waals surface area contributed by atoms with Gasteiger partial charge in [0.2, 0.25) is 0 Å². The van der Waals surface area contributed by atoms with E-state index >= 15 is 0 Å². The Balaban J connectivity index is 1.37. The van der Waals surface area contributed by atoms with Gasteiger partial charge in [0.25, 0.3) is 0 Å². The number of aromatic nitrogens is 5. The second kappa shape index (κ2) is 9.93. The lowest BCUT2D eigenvalue weighted by molar-refractivity contribution is 0.126. The molecule has 35 heavy (non-hydrogen) atoms. The standard InChI is InChI=1S/C26H32N6O3/c1-17-18(2)32(20-9-7-5-6-8-10-20)25-24(17)26-29-23(30-31(26)16-27-25)15-35-28-14-19-11-12-21(33-3)22(13-19)34-4/h11-14,16,20H,5-10,15H2,1-4H3/b28-14+. The fourth-order valence-electron chi connectivity index (χ4n) is 5.08. The van der Waals surface area contributed by atoms with Crippen molar-refractivity contribution in [3.05, 3.63) is 47.2 Å². The number of ether oxygens (including phenoxy) is 2. The summed E-state index contributed by atoms with van der Waals surface area (Å²) in [5.41, 5.74) is 5.14. The lowest BCUT2D eigenvalue weighted by atomic mass is 10.1. The van der Waals surface area contributed by atoms with Crippen LogP contribution in [0.2, 0.25) is 0 Å². The zero-order chi connectivity index (χ0) is 24.4. The van der Waals surface area contributed by atoms with Gasteiger partial charge < -0.3 is 18.9 Å². The molecule has 184 valence electrons. The molecule has 4 aromatic rings. The topological polar surface area (TPSA) is 88.1 Å². The second-order valence-corrected chi connectivity index (χ2v) is 9.09. The molecule has 0 saturated heterocycles. The van der Waals surface area contributed by atoms with Crippen LogP contribution in [0.25, 0.3) is 16.7 Å². The summed E-state index contributed by atoms with van der Waals surface area (Å²) in [4.78, 5) is 15.1. The van der Waals surface area contributed by atoms with Crippen molar-refractivity contribution in [1.82, 2.24) is 24.1 Å². The Morgan fingerprint density at radius 2 is 1.80 bits per heavy atom. The summed E-state index contributed by atoms with van der Waals surface area (Å²) in [5, 5.41) is 9.71. The van der Waals surface area contributed by atoms with Crippen molar-refractivity contribution in [2.24, 2.45) is 5.16 Å². The summed E-state index contributed by atoms with van der Waals surface area (Å²) < 4.78 is 14.8. The van der Waals surface area contributed by atoms with E-state index < -0.39 is 0 Å². The number of benzene rings is 1. The van der Waals surface area contributed by atoms with Crippen LogP contribution in [0.15, 0.2) is 29.7 Å². The van der Waals surface area contributed by atoms with Gasteiger partial charge in [0.15, 0.2) is 29.6 Å². The second-order valence-electron chi connectivity index (χ2n) is 9.09. The molecule has 0 amide bonds. The van der Waals surface area contributed by atoms with Crippen LogP contribution in [0.4, 0.5) is 0 Å². The third kappa shape index (κ3) is 4.42. The largest absolute Gasteiger partial charge is 0.493 e. The molecule has 0 aliphatic heterocycles. The van der Waals surface area contributed by atoms with Crippen LogP contribution in [0.5, 0.6) is 11.5 Å². The Hall–Kier alpha value is -3.62. The molecule has 1 fully saturated rings. The molecule has 9 nitrogen and oxygen atoms in total. The highest BCUT2D eigenvalue weighted by Crippen LogP contribution is 2.35. The molecule has 5 rings (SSSR count). The molecule has 0 radical (unpaired) electrons. The highest BCUT2D eigenvalue weighted by atomic mass is 16.6. The van der Waals surface area contributed by atoms with Crippen molar-refractivity contribution in [2.75, 3.05) is 14.2 Å². The molecule has 0 N–H and O–H groups in total. The van der Waals surface area contributed by atoms with Crippen LogP contribution in [0.1, 0.15) is 67.2 Å². The molecule has 3 aromatic heterocycles. The zero-order valence-electron chi connectivity index (χ0n) is 20.8. The fourth-order valence-corrected chi connectivity index (χ4v) is 5.08. The average molecular weight is 477 g/mol. The maximum Gasteiger partial charge on any atom is 0.192 e. The van der Waals surface area contributed by atoms with E-state index in [-0.39, 0.29) is 6.61 Å². The number of fused-ring (bicyclic) bond motifs is 3. The molecule has 9 heteroatoms.